The summed E-state index contributed by atoms with van der Waals surface area (Å²) >= 11 is 0. The van der Waals surface area contributed by atoms with Crippen molar-refractivity contribution in [3.63, 3.8) is 0 Å². The summed E-state index contributed by atoms with van der Waals surface area (Å²) in [6, 6.07) is 5.12. The van der Waals surface area contributed by atoms with Crippen LogP contribution in [0.15, 0.2) is 18.2 Å². The van der Waals surface area contributed by atoms with Gasteiger partial charge in [-0.1, -0.05) is 12.1 Å². The van der Waals surface area contributed by atoms with Crippen LogP contribution in [-0.4, -0.2) is 47.2 Å². The average Bonchev–Trinajstić information content (AvgIpc) is 2.99. The molecule has 1 aromatic carbocycles. The van der Waals surface area contributed by atoms with Crippen molar-refractivity contribution in [1.29, 1.82) is 0 Å². The first-order chi connectivity index (χ1) is 11.2. The van der Waals surface area contributed by atoms with Crippen molar-refractivity contribution in [3.8, 4) is 0 Å². The molecule has 1 unspecified atom stereocenters. The number of hydrogen-bond donors (Lipinski definition) is 2. The van der Waals surface area contributed by atoms with Crippen LogP contribution < -0.4 is 29.3 Å². The number of fused-ring (bicyclic) bond motifs is 4. The molecule has 6 nitrogen and oxygen atoms in total. The smallest absolute Gasteiger partial charge is 0.545 e. The van der Waals surface area contributed by atoms with E-state index in [0.29, 0.717) is 17.8 Å². The Morgan fingerprint density at radius 1 is 1.38 bits per heavy atom. The third-order valence-corrected chi connectivity index (χ3v) is 5.37. The molecular weight excluding hydrogens is 299 g/mol. The summed E-state index contributed by atoms with van der Waals surface area (Å²) in [4.78, 5) is 13.8. The van der Waals surface area contributed by atoms with Gasteiger partial charge in [-0.05, 0) is 50.4 Å². The predicted molar refractivity (Wildman–Crippen MR) is 84.8 cm³/mol. The third-order valence-electron chi connectivity index (χ3n) is 5.37. The van der Waals surface area contributed by atoms with Crippen molar-refractivity contribution in [3.05, 3.63) is 29.5 Å². The van der Waals surface area contributed by atoms with E-state index in [0.717, 1.165) is 23.7 Å². The summed E-state index contributed by atoms with van der Waals surface area (Å²) in [6.45, 7) is 5.22. The number of H-pyrrole nitrogens is 1. The molecule has 0 spiro atoms. The summed E-state index contributed by atoms with van der Waals surface area (Å²) < 4.78 is 0. The van der Waals surface area contributed by atoms with Gasteiger partial charge < -0.3 is 20.1 Å². The molecule has 2 N–H and O–H groups in total. The monoisotopic (exact) mass is 320 g/mol. The van der Waals surface area contributed by atoms with Crippen molar-refractivity contribution >= 4 is 16.9 Å². The number of aromatic carboxylic acids is 1. The number of rotatable bonds is 5. The van der Waals surface area contributed by atoms with Crippen LogP contribution in [-0.2, 0) is 6.54 Å². The van der Waals surface area contributed by atoms with Crippen LogP contribution in [0.2, 0.25) is 0 Å². The maximum Gasteiger partial charge on any atom is 1.00 e. The summed E-state index contributed by atoms with van der Waals surface area (Å²) in [7, 11) is 0. The van der Waals surface area contributed by atoms with E-state index in [1.807, 2.05) is 6.07 Å². The van der Waals surface area contributed by atoms with E-state index in [4.69, 9.17) is 0 Å². The van der Waals surface area contributed by atoms with Crippen LogP contribution >= 0.6 is 0 Å². The standard InChI is InChI=1S/C17H22N4O2.Li/c22-17(23)13-2-1-3-14-16(13)15(20-19-14)9-18-8-12-10-21-6-4-11(12)5-7-21;/h1-3,11-12,18H,4-10H2,(H,19,20)(H,22,23);/q;+1/p-1. The second-order valence-corrected chi connectivity index (χ2v) is 6.71. The number of nitrogens with one attached hydrogen (secondary N) is 2. The number of hydrogen-bond acceptors (Lipinski definition) is 5. The number of nitrogens with zero attached hydrogens (tertiary/aromatic N) is 2. The molecule has 122 valence electrons. The van der Waals surface area contributed by atoms with Gasteiger partial charge >= 0.3 is 18.9 Å². The summed E-state index contributed by atoms with van der Waals surface area (Å²) in [5, 5.41) is 22.6. The van der Waals surface area contributed by atoms with Crippen molar-refractivity contribution in [2.45, 2.75) is 19.4 Å². The van der Waals surface area contributed by atoms with E-state index in [-0.39, 0.29) is 24.4 Å². The molecule has 5 rings (SSSR count). The van der Waals surface area contributed by atoms with Gasteiger partial charge in [0.1, 0.15) is 0 Å². The SMILES string of the molecule is O=C([O-])c1cccc2[nH]nc(CNCC3CN4CCC3CC4)c12.[Li+]. The molecular formula is C17H21LiN4O2. The fourth-order valence-corrected chi connectivity index (χ4v) is 4.13. The summed E-state index contributed by atoms with van der Waals surface area (Å²) in [6.07, 6.45) is 2.62. The molecule has 24 heavy (non-hydrogen) atoms. The normalized spacial score (nSPS) is 25.6. The Labute approximate surface area is 153 Å². The van der Waals surface area contributed by atoms with E-state index < -0.39 is 5.97 Å². The molecule has 3 aliphatic rings. The van der Waals surface area contributed by atoms with E-state index in [1.54, 1.807) is 12.1 Å². The van der Waals surface area contributed by atoms with Gasteiger partial charge in [-0.3, -0.25) is 5.10 Å². The minimum atomic E-state index is -1.16. The first kappa shape index (κ1) is 17.5. The molecule has 7 heteroatoms. The maximum absolute atomic E-state index is 11.3. The first-order valence-electron chi connectivity index (χ1n) is 8.33. The van der Waals surface area contributed by atoms with Gasteiger partial charge in [0.05, 0.1) is 17.2 Å². The molecule has 0 amide bonds. The number of carbonyl (C=O) groups is 1. The van der Waals surface area contributed by atoms with Crippen LogP contribution in [0.5, 0.6) is 0 Å². The van der Waals surface area contributed by atoms with Gasteiger partial charge in [-0.25, -0.2) is 0 Å². The van der Waals surface area contributed by atoms with Gasteiger partial charge in [0.15, 0.2) is 0 Å². The average molecular weight is 320 g/mol. The van der Waals surface area contributed by atoms with Gasteiger partial charge in [0, 0.05) is 24.0 Å². The molecule has 3 aliphatic heterocycles. The summed E-state index contributed by atoms with van der Waals surface area (Å²) in [5.41, 5.74) is 1.70. The zero-order valence-corrected chi connectivity index (χ0v) is 14.0. The molecule has 1 atom stereocenters. The largest absolute Gasteiger partial charge is 1.00 e. The molecule has 2 aromatic rings. The Kier molecular flexibility index (Phi) is 5.31. The van der Waals surface area contributed by atoms with Gasteiger partial charge in [0.25, 0.3) is 0 Å². The fourth-order valence-electron chi connectivity index (χ4n) is 4.13. The quantitative estimate of drug-likeness (QED) is 0.589. The number of benzene rings is 1. The van der Waals surface area contributed by atoms with E-state index in [9.17, 15) is 9.90 Å². The van der Waals surface area contributed by atoms with Gasteiger partial charge in [-0.2, -0.15) is 5.10 Å². The van der Waals surface area contributed by atoms with Crippen LogP contribution in [0.25, 0.3) is 10.9 Å². The Morgan fingerprint density at radius 3 is 2.83 bits per heavy atom. The van der Waals surface area contributed by atoms with Crippen molar-refractivity contribution < 1.29 is 28.8 Å². The number of carbonyl (C=O) groups excluding carboxylic acids is 1. The number of carboxylic acid groups (broad SMARTS) is 1. The van der Waals surface area contributed by atoms with Crippen LogP contribution in [0.3, 0.4) is 0 Å². The Hall–Kier alpha value is -1.32. The molecule has 0 saturated carbocycles. The number of piperidine rings is 3. The first-order valence-corrected chi connectivity index (χ1v) is 8.33. The van der Waals surface area contributed by atoms with Crippen LogP contribution in [0.1, 0.15) is 28.9 Å². The molecule has 0 radical (unpaired) electrons. The van der Waals surface area contributed by atoms with E-state index in [1.165, 1.54) is 32.5 Å². The Balaban J connectivity index is 0.00000169. The van der Waals surface area contributed by atoms with E-state index in [2.05, 4.69) is 20.4 Å². The van der Waals surface area contributed by atoms with E-state index >= 15 is 0 Å². The van der Waals surface area contributed by atoms with Crippen LogP contribution in [0.4, 0.5) is 0 Å². The zero-order valence-electron chi connectivity index (χ0n) is 14.0. The second-order valence-electron chi connectivity index (χ2n) is 6.71. The van der Waals surface area contributed by atoms with Gasteiger partial charge in [0.2, 0.25) is 0 Å². The predicted octanol–water partition coefficient (Wildman–Crippen LogP) is -2.64. The Morgan fingerprint density at radius 2 is 2.17 bits per heavy atom. The topological polar surface area (TPSA) is 84.1 Å². The van der Waals surface area contributed by atoms with Gasteiger partial charge in [-0.15, -0.1) is 0 Å². The number of aromatic amines is 1. The maximum atomic E-state index is 11.3. The molecule has 3 saturated heterocycles. The third kappa shape index (κ3) is 3.24. The van der Waals surface area contributed by atoms with Crippen molar-refractivity contribution in [2.24, 2.45) is 11.8 Å². The minimum absolute atomic E-state index is 0. The van der Waals surface area contributed by atoms with Crippen molar-refractivity contribution in [1.82, 2.24) is 20.4 Å². The molecule has 3 fully saturated rings. The number of carboxylic acids is 1. The zero-order chi connectivity index (χ0) is 15.8. The Bertz CT molecular complexity index is 724. The number of aromatic nitrogens is 2. The van der Waals surface area contributed by atoms with Crippen molar-refractivity contribution in [2.75, 3.05) is 26.2 Å². The molecule has 0 aliphatic carbocycles. The minimum Gasteiger partial charge on any atom is -0.545 e. The second kappa shape index (κ2) is 7.28. The molecule has 4 heterocycles. The van der Waals surface area contributed by atoms with Crippen LogP contribution in [0, 0.1) is 11.8 Å². The fraction of sp³-hybridized carbons (Fsp3) is 0.529. The molecule has 2 bridgehead atoms. The molecule has 1 aromatic heterocycles. The summed E-state index contributed by atoms with van der Waals surface area (Å²) in [5.74, 6) is 0.376.